The Morgan fingerprint density at radius 1 is 1.32 bits per heavy atom. The Bertz CT molecular complexity index is 569. The van der Waals surface area contributed by atoms with Crippen LogP contribution in [0.5, 0.6) is 0 Å². The molecule has 0 amide bonds. The van der Waals surface area contributed by atoms with E-state index >= 15 is 0 Å². The Morgan fingerprint density at radius 3 is 2.37 bits per heavy atom. The number of hydrogen-bond acceptors (Lipinski definition) is 3. The molecule has 0 bridgehead atoms. The van der Waals surface area contributed by atoms with Gasteiger partial charge in [0.05, 0.1) is 11.5 Å². The van der Waals surface area contributed by atoms with Crippen molar-refractivity contribution in [1.29, 1.82) is 0 Å². The van der Waals surface area contributed by atoms with Gasteiger partial charge in [0.25, 0.3) is 0 Å². The molecular weight excluding hydrogens is 290 g/mol. The molecule has 0 heterocycles. The summed E-state index contributed by atoms with van der Waals surface area (Å²) in [6.45, 7) is -1.23. The molecule has 2 N–H and O–H groups in total. The highest BCUT2D eigenvalue weighted by atomic mass is 32.2. The third-order valence-corrected chi connectivity index (χ3v) is 3.63. The van der Waals surface area contributed by atoms with Crippen LogP contribution in [0.2, 0.25) is 0 Å². The number of aryl methyl sites for hydroxylation is 1. The SMILES string of the molecule is Cc1cc(S(=O)(=O)NCC(F)(F)F)cc(CO)c1F. The summed E-state index contributed by atoms with van der Waals surface area (Å²) in [4.78, 5) is -0.528. The molecule has 0 saturated heterocycles. The summed E-state index contributed by atoms with van der Waals surface area (Å²) in [6.07, 6.45) is -4.69. The highest BCUT2D eigenvalue weighted by molar-refractivity contribution is 7.89. The number of benzene rings is 1. The van der Waals surface area contributed by atoms with Crippen LogP contribution in [0.1, 0.15) is 11.1 Å². The lowest BCUT2D eigenvalue weighted by atomic mass is 10.1. The Labute approximate surface area is 107 Å². The van der Waals surface area contributed by atoms with Crippen molar-refractivity contribution in [3.05, 3.63) is 29.1 Å². The van der Waals surface area contributed by atoms with Crippen LogP contribution in [0.15, 0.2) is 17.0 Å². The largest absolute Gasteiger partial charge is 0.402 e. The smallest absolute Gasteiger partial charge is 0.392 e. The van der Waals surface area contributed by atoms with Gasteiger partial charge >= 0.3 is 6.18 Å². The first-order valence-corrected chi connectivity index (χ1v) is 6.51. The van der Waals surface area contributed by atoms with Crippen molar-refractivity contribution in [2.24, 2.45) is 0 Å². The maximum Gasteiger partial charge on any atom is 0.402 e. The van der Waals surface area contributed by atoms with Gasteiger partial charge in [-0.3, -0.25) is 0 Å². The van der Waals surface area contributed by atoms with E-state index in [4.69, 9.17) is 5.11 Å². The predicted octanol–water partition coefficient (Wildman–Crippen LogP) is 1.47. The van der Waals surface area contributed by atoms with Crippen LogP contribution in [0.3, 0.4) is 0 Å². The van der Waals surface area contributed by atoms with Gasteiger partial charge in [-0.2, -0.15) is 13.2 Å². The molecule has 0 aromatic heterocycles. The lowest BCUT2D eigenvalue weighted by Crippen LogP contribution is -2.33. The van der Waals surface area contributed by atoms with E-state index in [0.717, 1.165) is 12.1 Å². The monoisotopic (exact) mass is 301 g/mol. The molecule has 108 valence electrons. The third-order valence-electron chi connectivity index (χ3n) is 2.25. The van der Waals surface area contributed by atoms with Gasteiger partial charge in [-0.25, -0.2) is 17.5 Å². The number of rotatable bonds is 4. The molecule has 1 rings (SSSR count). The van der Waals surface area contributed by atoms with Crippen molar-refractivity contribution in [1.82, 2.24) is 4.72 Å². The van der Waals surface area contributed by atoms with E-state index in [1.54, 1.807) is 0 Å². The fourth-order valence-corrected chi connectivity index (χ4v) is 2.49. The van der Waals surface area contributed by atoms with E-state index < -0.39 is 40.1 Å². The zero-order valence-corrected chi connectivity index (χ0v) is 10.6. The van der Waals surface area contributed by atoms with Crippen LogP contribution in [0.25, 0.3) is 0 Å². The highest BCUT2D eigenvalue weighted by Gasteiger charge is 2.30. The molecule has 0 fully saturated rings. The molecule has 0 aliphatic rings. The summed E-state index contributed by atoms with van der Waals surface area (Å²) in [5.41, 5.74) is -0.383. The van der Waals surface area contributed by atoms with Gasteiger partial charge < -0.3 is 5.11 Å². The van der Waals surface area contributed by atoms with Gasteiger partial charge in [0.1, 0.15) is 12.4 Å². The zero-order chi connectivity index (χ0) is 14.8. The summed E-state index contributed by atoms with van der Waals surface area (Å²) in [6, 6.07) is 1.69. The Hall–Kier alpha value is -1.19. The molecule has 1 aromatic rings. The summed E-state index contributed by atoms with van der Waals surface area (Å²) in [5.74, 6) is -0.794. The van der Waals surface area contributed by atoms with Crippen LogP contribution < -0.4 is 4.72 Å². The third kappa shape index (κ3) is 4.15. The van der Waals surface area contributed by atoms with Crippen molar-refractivity contribution in [2.45, 2.75) is 24.6 Å². The molecule has 0 aliphatic heterocycles. The molecule has 0 unspecified atom stereocenters. The molecule has 1 aromatic carbocycles. The number of aliphatic hydroxyl groups is 1. The molecule has 0 saturated carbocycles. The maximum absolute atomic E-state index is 13.4. The zero-order valence-electron chi connectivity index (χ0n) is 9.75. The van der Waals surface area contributed by atoms with Crippen molar-refractivity contribution in [2.75, 3.05) is 6.54 Å². The van der Waals surface area contributed by atoms with E-state index in [9.17, 15) is 26.0 Å². The molecule has 0 radical (unpaired) electrons. The standard InChI is InChI=1S/C10H11F4NO3S/c1-6-2-8(3-7(4-16)9(6)11)19(17,18)15-5-10(12,13)14/h2-3,15-16H,4-5H2,1H3. The molecule has 0 aliphatic carbocycles. The first kappa shape index (κ1) is 15.9. The van der Waals surface area contributed by atoms with E-state index in [2.05, 4.69) is 0 Å². The second-order valence-corrected chi connectivity index (χ2v) is 5.58. The molecular formula is C10H11F4NO3S. The average molecular weight is 301 g/mol. The van der Waals surface area contributed by atoms with Crippen LogP contribution in [0, 0.1) is 12.7 Å². The van der Waals surface area contributed by atoms with Crippen molar-refractivity contribution in [3.8, 4) is 0 Å². The molecule has 0 spiro atoms. The highest BCUT2D eigenvalue weighted by Crippen LogP contribution is 2.20. The summed E-state index contributed by atoms with van der Waals surface area (Å²) >= 11 is 0. The number of nitrogens with one attached hydrogen (secondary N) is 1. The normalized spacial score (nSPS) is 12.7. The minimum absolute atomic E-state index is 0.0843. The second-order valence-electron chi connectivity index (χ2n) is 3.81. The number of halogens is 4. The van der Waals surface area contributed by atoms with Gasteiger partial charge in [-0.15, -0.1) is 0 Å². The van der Waals surface area contributed by atoms with Crippen molar-refractivity contribution in [3.63, 3.8) is 0 Å². The predicted molar refractivity (Wildman–Crippen MR) is 58.3 cm³/mol. The first-order chi connectivity index (χ1) is 8.57. The summed E-state index contributed by atoms with van der Waals surface area (Å²) < 4.78 is 73.8. The average Bonchev–Trinajstić information content (AvgIpc) is 2.29. The second kappa shape index (κ2) is 5.43. The fraction of sp³-hybridized carbons (Fsp3) is 0.400. The van der Waals surface area contributed by atoms with Gasteiger partial charge in [0.2, 0.25) is 10.0 Å². The molecule has 9 heteroatoms. The van der Waals surface area contributed by atoms with Crippen molar-refractivity contribution >= 4 is 10.0 Å². The van der Waals surface area contributed by atoms with Crippen molar-refractivity contribution < 1.29 is 31.1 Å². The van der Waals surface area contributed by atoms with Crippen LogP contribution >= 0.6 is 0 Å². The lowest BCUT2D eigenvalue weighted by molar-refractivity contribution is -0.121. The van der Waals surface area contributed by atoms with E-state index in [1.165, 1.54) is 11.6 Å². The number of aliphatic hydroxyl groups excluding tert-OH is 1. The molecule has 0 atom stereocenters. The van der Waals surface area contributed by atoms with Crippen LogP contribution in [0.4, 0.5) is 17.6 Å². The van der Waals surface area contributed by atoms with E-state index in [0.29, 0.717) is 0 Å². The van der Waals surface area contributed by atoms with E-state index in [-0.39, 0.29) is 11.1 Å². The topological polar surface area (TPSA) is 66.4 Å². The van der Waals surface area contributed by atoms with Gasteiger partial charge in [-0.05, 0) is 24.6 Å². The first-order valence-electron chi connectivity index (χ1n) is 5.03. The fourth-order valence-electron chi connectivity index (χ4n) is 1.34. The van der Waals surface area contributed by atoms with Gasteiger partial charge in [-0.1, -0.05) is 0 Å². The Morgan fingerprint density at radius 2 is 1.89 bits per heavy atom. The van der Waals surface area contributed by atoms with E-state index in [1.807, 2.05) is 0 Å². The van der Waals surface area contributed by atoms with Gasteiger partial charge in [0.15, 0.2) is 0 Å². The number of alkyl halides is 3. The minimum atomic E-state index is -4.69. The molecule has 4 nitrogen and oxygen atoms in total. The Balaban J connectivity index is 3.12. The minimum Gasteiger partial charge on any atom is -0.392 e. The maximum atomic E-state index is 13.4. The summed E-state index contributed by atoms with van der Waals surface area (Å²) in [5, 5.41) is 8.86. The number of sulfonamides is 1. The molecule has 19 heavy (non-hydrogen) atoms. The number of hydrogen-bond donors (Lipinski definition) is 2. The quantitative estimate of drug-likeness (QED) is 0.828. The van der Waals surface area contributed by atoms with Crippen LogP contribution in [-0.4, -0.2) is 26.2 Å². The van der Waals surface area contributed by atoms with Crippen LogP contribution in [-0.2, 0) is 16.6 Å². The van der Waals surface area contributed by atoms with Gasteiger partial charge in [0, 0.05) is 5.56 Å². The summed E-state index contributed by atoms with van der Waals surface area (Å²) in [7, 11) is -4.41. The lowest BCUT2D eigenvalue weighted by Gasteiger charge is -2.11. The Kier molecular flexibility index (Phi) is 4.54.